The number of amides is 1. The number of hydrogen-bond donors (Lipinski definition) is 3. The van der Waals surface area contributed by atoms with Gasteiger partial charge in [0, 0.05) is 23.3 Å². The van der Waals surface area contributed by atoms with Crippen molar-refractivity contribution in [1.82, 2.24) is 15.5 Å². The maximum atomic E-state index is 11.7. The highest BCUT2D eigenvalue weighted by atomic mass is 16.1. The van der Waals surface area contributed by atoms with Crippen LogP contribution in [-0.2, 0) is 11.2 Å². The zero-order valence-corrected chi connectivity index (χ0v) is 10.3. The lowest BCUT2D eigenvalue weighted by Crippen LogP contribution is -2.45. The van der Waals surface area contributed by atoms with E-state index >= 15 is 0 Å². The molecule has 0 aliphatic rings. The molecule has 16 heavy (non-hydrogen) atoms. The molecule has 0 aliphatic heterocycles. The highest BCUT2D eigenvalue weighted by Gasteiger charge is 2.14. The van der Waals surface area contributed by atoms with Crippen molar-refractivity contribution >= 4 is 5.91 Å². The Morgan fingerprint density at radius 2 is 2.12 bits per heavy atom. The SMILES string of the molecule is Cc1n[nH]c(C)c1CC(=O)NCC(C)(C)N. The molecule has 5 heteroatoms. The van der Waals surface area contributed by atoms with Crippen LogP contribution in [0, 0.1) is 13.8 Å². The van der Waals surface area contributed by atoms with Gasteiger partial charge in [-0.2, -0.15) is 5.10 Å². The standard InChI is InChI=1S/C11H20N4O/c1-7-9(8(2)15-14-7)5-10(16)13-6-11(3,4)12/h5-6,12H2,1-4H3,(H,13,16)(H,14,15). The monoisotopic (exact) mass is 224 g/mol. The summed E-state index contributed by atoms with van der Waals surface area (Å²) in [7, 11) is 0. The first kappa shape index (κ1) is 12.7. The Labute approximate surface area is 95.8 Å². The predicted octanol–water partition coefficient (Wildman–Crippen LogP) is 0.423. The molecule has 0 radical (unpaired) electrons. The molecule has 1 amide bonds. The first-order valence-corrected chi connectivity index (χ1v) is 5.35. The molecule has 0 aliphatic carbocycles. The molecule has 0 spiro atoms. The lowest BCUT2D eigenvalue weighted by Gasteiger charge is -2.18. The first-order valence-electron chi connectivity index (χ1n) is 5.35. The number of nitrogens with zero attached hydrogens (tertiary/aromatic N) is 1. The van der Waals surface area contributed by atoms with Gasteiger partial charge in [0.2, 0.25) is 5.91 Å². The van der Waals surface area contributed by atoms with Gasteiger partial charge < -0.3 is 11.1 Å². The lowest BCUT2D eigenvalue weighted by atomic mass is 10.1. The van der Waals surface area contributed by atoms with E-state index in [1.54, 1.807) is 0 Å². The summed E-state index contributed by atoms with van der Waals surface area (Å²) >= 11 is 0. The van der Waals surface area contributed by atoms with E-state index in [1.807, 2.05) is 27.7 Å². The molecule has 1 aromatic rings. The Morgan fingerprint density at radius 1 is 1.50 bits per heavy atom. The van der Waals surface area contributed by atoms with Crippen molar-refractivity contribution in [1.29, 1.82) is 0 Å². The fraction of sp³-hybridized carbons (Fsp3) is 0.636. The van der Waals surface area contributed by atoms with Gasteiger partial charge in [-0.05, 0) is 27.7 Å². The maximum Gasteiger partial charge on any atom is 0.224 e. The summed E-state index contributed by atoms with van der Waals surface area (Å²) in [5.74, 6) is -0.0221. The van der Waals surface area contributed by atoms with E-state index in [2.05, 4.69) is 15.5 Å². The molecule has 0 unspecified atom stereocenters. The van der Waals surface area contributed by atoms with Crippen molar-refractivity contribution in [2.45, 2.75) is 39.7 Å². The number of aryl methyl sites for hydroxylation is 2. The van der Waals surface area contributed by atoms with E-state index in [0.717, 1.165) is 17.0 Å². The number of rotatable bonds is 4. The fourth-order valence-electron chi connectivity index (χ4n) is 1.38. The smallest absolute Gasteiger partial charge is 0.224 e. The molecule has 0 bridgehead atoms. The van der Waals surface area contributed by atoms with Gasteiger partial charge in [-0.15, -0.1) is 0 Å². The summed E-state index contributed by atoms with van der Waals surface area (Å²) < 4.78 is 0. The summed E-state index contributed by atoms with van der Waals surface area (Å²) in [6.07, 6.45) is 0.351. The molecule has 90 valence electrons. The van der Waals surface area contributed by atoms with Gasteiger partial charge in [-0.25, -0.2) is 0 Å². The van der Waals surface area contributed by atoms with E-state index in [0.29, 0.717) is 13.0 Å². The summed E-state index contributed by atoms with van der Waals surface area (Å²) in [6.45, 7) is 8.03. The molecule has 1 aromatic heterocycles. The average Bonchev–Trinajstić information content (AvgIpc) is 2.45. The van der Waals surface area contributed by atoms with Gasteiger partial charge >= 0.3 is 0 Å². The van der Waals surface area contributed by atoms with E-state index in [9.17, 15) is 4.79 Å². The molecule has 0 fully saturated rings. The Bertz CT molecular complexity index is 356. The van der Waals surface area contributed by atoms with Gasteiger partial charge in [0.05, 0.1) is 12.1 Å². The van der Waals surface area contributed by atoms with Crippen LogP contribution in [0.4, 0.5) is 0 Å². The van der Waals surface area contributed by atoms with Gasteiger partial charge in [0.15, 0.2) is 0 Å². The first-order chi connectivity index (χ1) is 7.29. The molecule has 1 rings (SSSR count). The van der Waals surface area contributed by atoms with Gasteiger partial charge in [0.1, 0.15) is 0 Å². The van der Waals surface area contributed by atoms with Crippen LogP contribution in [0.5, 0.6) is 0 Å². The van der Waals surface area contributed by atoms with Gasteiger partial charge in [-0.1, -0.05) is 0 Å². The number of hydrogen-bond acceptors (Lipinski definition) is 3. The van der Waals surface area contributed by atoms with Crippen LogP contribution in [0.15, 0.2) is 0 Å². The van der Waals surface area contributed by atoms with Gasteiger partial charge in [0.25, 0.3) is 0 Å². The highest BCUT2D eigenvalue weighted by Crippen LogP contribution is 2.09. The molecule has 0 saturated heterocycles. The van der Waals surface area contributed by atoms with E-state index < -0.39 is 0 Å². The minimum absolute atomic E-state index is 0.0221. The van der Waals surface area contributed by atoms with Crippen LogP contribution in [0.25, 0.3) is 0 Å². The molecular formula is C11H20N4O. The molecule has 0 saturated carbocycles. The second-order valence-corrected chi connectivity index (χ2v) is 4.85. The Hall–Kier alpha value is -1.36. The average molecular weight is 224 g/mol. The minimum Gasteiger partial charge on any atom is -0.354 e. The molecule has 5 nitrogen and oxygen atoms in total. The number of carbonyl (C=O) groups excluding carboxylic acids is 1. The van der Waals surface area contributed by atoms with Crippen LogP contribution in [0.1, 0.15) is 30.8 Å². The number of nitrogens with one attached hydrogen (secondary N) is 2. The van der Waals surface area contributed by atoms with Crippen molar-refractivity contribution in [3.05, 3.63) is 17.0 Å². The number of nitrogens with two attached hydrogens (primary N) is 1. The third kappa shape index (κ3) is 3.66. The maximum absolute atomic E-state index is 11.7. The highest BCUT2D eigenvalue weighted by molar-refractivity contribution is 5.79. The molecule has 1 heterocycles. The normalized spacial score (nSPS) is 11.6. The Kier molecular flexibility index (Phi) is 3.70. The third-order valence-corrected chi connectivity index (χ3v) is 2.36. The topological polar surface area (TPSA) is 83.8 Å². The molecular weight excluding hydrogens is 204 g/mol. The number of aromatic nitrogens is 2. The number of aromatic amines is 1. The summed E-state index contributed by atoms with van der Waals surface area (Å²) in [6, 6.07) is 0. The lowest BCUT2D eigenvalue weighted by molar-refractivity contribution is -0.120. The summed E-state index contributed by atoms with van der Waals surface area (Å²) in [5.41, 5.74) is 8.19. The van der Waals surface area contributed by atoms with Crippen molar-refractivity contribution in [3.8, 4) is 0 Å². The summed E-state index contributed by atoms with van der Waals surface area (Å²) in [4.78, 5) is 11.7. The van der Waals surface area contributed by atoms with Crippen molar-refractivity contribution in [3.63, 3.8) is 0 Å². The number of carbonyl (C=O) groups is 1. The van der Waals surface area contributed by atoms with Gasteiger partial charge in [-0.3, -0.25) is 9.89 Å². The quantitative estimate of drug-likeness (QED) is 0.693. The molecule has 4 N–H and O–H groups in total. The predicted molar refractivity (Wildman–Crippen MR) is 63.0 cm³/mol. The number of H-pyrrole nitrogens is 1. The zero-order chi connectivity index (χ0) is 12.3. The van der Waals surface area contributed by atoms with Crippen LogP contribution in [0.2, 0.25) is 0 Å². The van der Waals surface area contributed by atoms with E-state index in [1.165, 1.54) is 0 Å². The van der Waals surface area contributed by atoms with E-state index in [4.69, 9.17) is 5.73 Å². The third-order valence-electron chi connectivity index (χ3n) is 2.36. The Balaban J connectivity index is 2.53. The summed E-state index contributed by atoms with van der Waals surface area (Å²) in [5, 5.41) is 9.72. The largest absolute Gasteiger partial charge is 0.354 e. The van der Waals surface area contributed by atoms with Crippen molar-refractivity contribution < 1.29 is 4.79 Å². The second kappa shape index (κ2) is 4.65. The Morgan fingerprint density at radius 3 is 2.56 bits per heavy atom. The zero-order valence-electron chi connectivity index (χ0n) is 10.3. The molecule has 0 aromatic carbocycles. The fourth-order valence-corrected chi connectivity index (χ4v) is 1.38. The minimum atomic E-state index is -0.379. The van der Waals surface area contributed by atoms with Crippen LogP contribution in [-0.4, -0.2) is 28.2 Å². The van der Waals surface area contributed by atoms with Crippen LogP contribution in [0.3, 0.4) is 0 Å². The van der Waals surface area contributed by atoms with E-state index in [-0.39, 0.29) is 11.4 Å². The van der Waals surface area contributed by atoms with Crippen LogP contribution >= 0.6 is 0 Å². The van der Waals surface area contributed by atoms with Crippen LogP contribution < -0.4 is 11.1 Å². The second-order valence-electron chi connectivity index (χ2n) is 4.85. The molecule has 0 atom stereocenters. The van der Waals surface area contributed by atoms with Crippen molar-refractivity contribution in [2.75, 3.05) is 6.54 Å². The van der Waals surface area contributed by atoms with Crippen molar-refractivity contribution in [2.24, 2.45) is 5.73 Å².